The zero-order valence-corrected chi connectivity index (χ0v) is 13.2. The molecule has 0 aliphatic heterocycles. The number of rotatable bonds is 6. The van der Waals surface area contributed by atoms with Crippen molar-refractivity contribution in [1.29, 1.82) is 0 Å². The summed E-state index contributed by atoms with van der Waals surface area (Å²) < 4.78 is 18.1. The molecule has 0 spiro atoms. The van der Waals surface area contributed by atoms with Crippen LogP contribution in [-0.4, -0.2) is 24.9 Å². The van der Waals surface area contributed by atoms with E-state index in [-0.39, 0.29) is 6.61 Å². The Kier molecular flexibility index (Phi) is 4.22. The standard InChI is InChI=1S/C15H17N5O3/c1-10-16-15(23-19-10)9-22-13-6-4-12(5-7-13)21-8-14-18-17-11(2)20(14)3/h4-7H,8-9H2,1-3H3. The summed E-state index contributed by atoms with van der Waals surface area (Å²) in [6.45, 7) is 4.25. The van der Waals surface area contributed by atoms with Crippen LogP contribution in [0.5, 0.6) is 11.5 Å². The molecule has 1 aromatic carbocycles. The Labute approximate surface area is 133 Å². The van der Waals surface area contributed by atoms with Gasteiger partial charge in [0.15, 0.2) is 18.3 Å². The molecule has 120 valence electrons. The van der Waals surface area contributed by atoms with Gasteiger partial charge in [0.05, 0.1) is 0 Å². The first kappa shape index (κ1) is 15.0. The van der Waals surface area contributed by atoms with Gasteiger partial charge in [-0.05, 0) is 38.1 Å². The molecule has 2 aromatic heterocycles. The van der Waals surface area contributed by atoms with Crippen LogP contribution in [-0.2, 0) is 20.3 Å². The molecule has 3 aromatic rings. The highest BCUT2D eigenvalue weighted by Crippen LogP contribution is 2.19. The van der Waals surface area contributed by atoms with Crippen LogP contribution >= 0.6 is 0 Å². The molecule has 0 bridgehead atoms. The van der Waals surface area contributed by atoms with E-state index in [0.29, 0.717) is 24.1 Å². The molecule has 23 heavy (non-hydrogen) atoms. The van der Waals surface area contributed by atoms with Crippen molar-refractivity contribution >= 4 is 0 Å². The fourth-order valence-corrected chi connectivity index (χ4v) is 1.90. The fraction of sp³-hybridized carbons (Fsp3) is 0.333. The smallest absolute Gasteiger partial charge is 0.264 e. The highest BCUT2D eigenvalue weighted by Gasteiger charge is 2.06. The number of benzene rings is 1. The predicted molar refractivity (Wildman–Crippen MR) is 79.9 cm³/mol. The highest BCUT2D eigenvalue weighted by atomic mass is 16.5. The molecule has 0 fully saturated rings. The van der Waals surface area contributed by atoms with Gasteiger partial charge in [-0.15, -0.1) is 10.2 Å². The molecule has 0 saturated carbocycles. The molecule has 2 heterocycles. The van der Waals surface area contributed by atoms with Crippen LogP contribution in [0.2, 0.25) is 0 Å². The monoisotopic (exact) mass is 315 g/mol. The lowest BCUT2D eigenvalue weighted by atomic mass is 10.3. The number of ether oxygens (including phenoxy) is 2. The second kappa shape index (κ2) is 6.47. The van der Waals surface area contributed by atoms with Gasteiger partial charge < -0.3 is 18.6 Å². The molecular formula is C15H17N5O3. The minimum atomic E-state index is 0.235. The van der Waals surface area contributed by atoms with Crippen LogP contribution in [0.15, 0.2) is 28.8 Å². The Morgan fingerprint density at radius 1 is 1.00 bits per heavy atom. The van der Waals surface area contributed by atoms with Crippen molar-refractivity contribution in [3.8, 4) is 11.5 Å². The summed E-state index contributed by atoms with van der Waals surface area (Å²) in [7, 11) is 1.91. The van der Waals surface area contributed by atoms with Crippen molar-refractivity contribution in [3.63, 3.8) is 0 Å². The summed E-state index contributed by atoms with van der Waals surface area (Å²) in [4.78, 5) is 4.07. The molecule has 0 atom stereocenters. The van der Waals surface area contributed by atoms with E-state index >= 15 is 0 Å². The lowest BCUT2D eigenvalue weighted by molar-refractivity contribution is 0.242. The van der Waals surface area contributed by atoms with Crippen molar-refractivity contribution in [1.82, 2.24) is 24.9 Å². The van der Waals surface area contributed by atoms with Gasteiger partial charge in [0.2, 0.25) is 0 Å². The minimum Gasteiger partial charge on any atom is -0.486 e. The third-order valence-electron chi connectivity index (χ3n) is 3.31. The number of aryl methyl sites for hydroxylation is 2. The third kappa shape index (κ3) is 3.65. The van der Waals surface area contributed by atoms with Crippen molar-refractivity contribution in [3.05, 3.63) is 47.6 Å². The summed E-state index contributed by atoms with van der Waals surface area (Å²) in [5, 5.41) is 11.7. The number of hydrogen-bond donors (Lipinski definition) is 0. The van der Waals surface area contributed by atoms with Crippen molar-refractivity contribution in [2.75, 3.05) is 0 Å². The zero-order valence-electron chi connectivity index (χ0n) is 13.2. The zero-order chi connectivity index (χ0) is 16.2. The summed E-state index contributed by atoms with van der Waals surface area (Å²) in [6, 6.07) is 7.30. The van der Waals surface area contributed by atoms with E-state index in [1.807, 2.05) is 42.8 Å². The van der Waals surface area contributed by atoms with Crippen LogP contribution in [0.3, 0.4) is 0 Å². The average Bonchev–Trinajstić information content (AvgIpc) is 3.11. The summed E-state index contributed by atoms with van der Waals surface area (Å²) in [5.41, 5.74) is 0. The van der Waals surface area contributed by atoms with Gasteiger partial charge in [0.25, 0.3) is 5.89 Å². The summed E-state index contributed by atoms with van der Waals surface area (Å²) >= 11 is 0. The van der Waals surface area contributed by atoms with E-state index in [1.54, 1.807) is 6.92 Å². The normalized spacial score (nSPS) is 10.7. The van der Waals surface area contributed by atoms with E-state index in [0.717, 1.165) is 17.4 Å². The first-order chi connectivity index (χ1) is 11.1. The Morgan fingerprint density at radius 2 is 1.65 bits per heavy atom. The SMILES string of the molecule is Cc1noc(COc2ccc(OCc3nnc(C)n3C)cc2)n1. The third-order valence-corrected chi connectivity index (χ3v) is 3.31. The molecule has 3 rings (SSSR count). The Bertz CT molecular complexity index is 779. The maximum atomic E-state index is 5.69. The summed E-state index contributed by atoms with van der Waals surface area (Å²) in [5.74, 6) is 4.08. The van der Waals surface area contributed by atoms with Crippen LogP contribution in [0, 0.1) is 13.8 Å². The van der Waals surface area contributed by atoms with Crippen molar-refractivity contribution in [2.45, 2.75) is 27.1 Å². The molecule has 0 saturated heterocycles. The fourth-order valence-electron chi connectivity index (χ4n) is 1.90. The number of nitrogens with zero attached hydrogens (tertiary/aromatic N) is 5. The van der Waals surface area contributed by atoms with Crippen LogP contribution in [0.4, 0.5) is 0 Å². The van der Waals surface area contributed by atoms with E-state index in [4.69, 9.17) is 14.0 Å². The van der Waals surface area contributed by atoms with Crippen LogP contribution < -0.4 is 9.47 Å². The van der Waals surface area contributed by atoms with Gasteiger partial charge in [-0.1, -0.05) is 5.16 Å². The molecule has 0 aliphatic rings. The molecule has 0 radical (unpaired) electrons. The first-order valence-electron chi connectivity index (χ1n) is 7.11. The Balaban J connectivity index is 1.53. The number of hydrogen-bond acceptors (Lipinski definition) is 7. The second-order valence-corrected chi connectivity index (χ2v) is 5.01. The predicted octanol–water partition coefficient (Wildman–Crippen LogP) is 1.97. The largest absolute Gasteiger partial charge is 0.486 e. The van der Waals surface area contributed by atoms with Gasteiger partial charge in [-0.2, -0.15) is 4.98 Å². The number of aromatic nitrogens is 5. The molecule has 0 aliphatic carbocycles. The lowest BCUT2D eigenvalue weighted by Gasteiger charge is -2.07. The average molecular weight is 315 g/mol. The maximum absolute atomic E-state index is 5.69. The van der Waals surface area contributed by atoms with Gasteiger partial charge in [-0.3, -0.25) is 0 Å². The molecule has 8 nitrogen and oxygen atoms in total. The molecule has 8 heteroatoms. The molecule has 0 N–H and O–H groups in total. The molecular weight excluding hydrogens is 298 g/mol. The quantitative estimate of drug-likeness (QED) is 0.687. The minimum absolute atomic E-state index is 0.235. The van der Waals surface area contributed by atoms with Crippen molar-refractivity contribution in [2.24, 2.45) is 7.05 Å². The van der Waals surface area contributed by atoms with E-state index < -0.39 is 0 Å². The Morgan fingerprint density at radius 3 is 2.17 bits per heavy atom. The van der Waals surface area contributed by atoms with Gasteiger partial charge >= 0.3 is 0 Å². The van der Waals surface area contributed by atoms with Crippen molar-refractivity contribution < 1.29 is 14.0 Å². The molecule has 0 amide bonds. The molecule has 0 unspecified atom stereocenters. The summed E-state index contributed by atoms with van der Waals surface area (Å²) in [6.07, 6.45) is 0. The lowest BCUT2D eigenvalue weighted by Crippen LogP contribution is -2.04. The van der Waals surface area contributed by atoms with E-state index in [9.17, 15) is 0 Å². The van der Waals surface area contributed by atoms with Gasteiger partial charge in [0.1, 0.15) is 23.9 Å². The Hall–Kier alpha value is -2.90. The van der Waals surface area contributed by atoms with E-state index in [1.165, 1.54) is 0 Å². The van der Waals surface area contributed by atoms with E-state index in [2.05, 4.69) is 20.3 Å². The maximum Gasteiger partial charge on any atom is 0.264 e. The van der Waals surface area contributed by atoms with Crippen LogP contribution in [0.25, 0.3) is 0 Å². The van der Waals surface area contributed by atoms with Crippen LogP contribution in [0.1, 0.15) is 23.4 Å². The van der Waals surface area contributed by atoms with Gasteiger partial charge in [0, 0.05) is 7.05 Å². The van der Waals surface area contributed by atoms with Gasteiger partial charge in [-0.25, -0.2) is 0 Å². The second-order valence-electron chi connectivity index (χ2n) is 5.01. The highest BCUT2D eigenvalue weighted by molar-refractivity contribution is 5.31. The topological polar surface area (TPSA) is 88.1 Å². The first-order valence-corrected chi connectivity index (χ1v) is 7.11.